The summed E-state index contributed by atoms with van der Waals surface area (Å²) in [5.74, 6) is 0. The minimum Gasteiger partial charge on any atom is -0.396 e. The van der Waals surface area contributed by atoms with Gasteiger partial charge in [0.1, 0.15) is 0 Å². The number of rotatable bonds is 3. The molecule has 1 heterocycles. The Labute approximate surface area is 117 Å². The Morgan fingerprint density at radius 1 is 1.16 bits per heavy atom. The molecule has 0 saturated carbocycles. The Hall–Kier alpha value is -1.21. The van der Waals surface area contributed by atoms with Crippen LogP contribution in [0.2, 0.25) is 0 Å². The number of benzene rings is 1. The lowest BCUT2D eigenvalue weighted by atomic mass is 10.2. The largest absolute Gasteiger partial charge is 0.396 e. The molecule has 6 heteroatoms. The van der Waals surface area contributed by atoms with Crippen molar-refractivity contribution in [1.82, 2.24) is 0 Å². The third-order valence-electron chi connectivity index (χ3n) is 2.31. The average Bonchev–Trinajstić information content (AvgIpc) is 2.82. The van der Waals surface area contributed by atoms with Gasteiger partial charge in [0.05, 0.1) is 4.90 Å². The second-order valence-corrected chi connectivity index (χ2v) is 6.22. The summed E-state index contributed by atoms with van der Waals surface area (Å²) in [6.45, 7) is 1.89. The molecule has 1 aromatic carbocycles. The molecule has 2 aromatic rings. The van der Waals surface area contributed by atoms with Gasteiger partial charge in [0, 0.05) is 17.9 Å². The fourth-order valence-electron chi connectivity index (χ4n) is 1.41. The highest BCUT2D eigenvalue weighted by Gasteiger charge is 2.10. The Kier molecular flexibility index (Phi) is 6.17. The van der Waals surface area contributed by atoms with Crippen molar-refractivity contribution < 1.29 is 18.1 Å². The Balaban J connectivity index is 0.000000200. The molecular formula is C13H16O4S2. The highest BCUT2D eigenvalue weighted by Crippen LogP contribution is 2.12. The molecule has 0 aliphatic carbocycles. The highest BCUT2D eigenvalue weighted by atomic mass is 32.2. The van der Waals surface area contributed by atoms with Crippen LogP contribution in [0.1, 0.15) is 10.4 Å². The molecule has 0 bridgehead atoms. The van der Waals surface area contributed by atoms with E-state index in [2.05, 4.69) is 0 Å². The monoisotopic (exact) mass is 300 g/mol. The third-order valence-corrected chi connectivity index (χ3v) is 4.26. The molecule has 4 nitrogen and oxygen atoms in total. The van der Waals surface area contributed by atoms with Crippen molar-refractivity contribution in [2.24, 2.45) is 0 Å². The molecule has 0 spiro atoms. The summed E-state index contributed by atoms with van der Waals surface area (Å²) in [5, 5.41) is 10.5. The van der Waals surface area contributed by atoms with E-state index in [0.717, 1.165) is 6.42 Å². The van der Waals surface area contributed by atoms with E-state index in [1.165, 1.54) is 10.9 Å². The Morgan fingerprint density at radius 3 is 2.26 bits per heavy atom. The second kappa shape index (κ2) is 7.40. The summed E-state index contributed by atoms with van der Waals surface area (Å²) >= 11 is 1.69. The van der Waals surface area contributed by atoms with Crippen LogP contribution < -0.4 is 0 Å². The number of aliphatic hydroxyl groups is 1. The number of aryl methyl sites for hydroxylation is 1. The van der Waals surface area contributed by atoms with Crippen LogP contribution in [0.15, 0.2) is 46.7 Å². The molecule has 0 saturated heterocycles. The van der Waals surface area contributed by atoms with Crippen molar-refractivity contribution in [3.63, 3.8) is 0 Å². The first kappa shape index (κ1) is 15.8. The van der Waals surface area contributed by atoms with Crippen molar-refractivity contribution in [1.29, 1.82) is 0 Å². The number of hydrogen-bond acceptors (Lipinski definition) is 4. The second-order valence-electron chi connectivity index (χ2n) is 3.79. The van der Waals surface area contributed by atoms with Crippen molar-refractivity contribution in [2.75, 3.05) is 6.61 Å². The van der Waals surface area contributed by atoms with Gasteiger partial charge in [-0.1, -0.05) is 24.3 Å². The topological polar surface area (TPSA) is 74.6 Å². The minimum absolute atomic E-state index is 0.0278. The van der Waals surface area contributed by atoms with Crippen molar-refractivity contribution in [3.8, 4) is 0 Å². The van der Waals surface area contributed by atoms with Crippen molar-refractivity contribution in [3.05, 3.63) is 52.2 Å². The molecule has 0 aliphatic rings. The summed E-state index contributed by atoms with van der Waals surface area (Å²) in [5.41, 5.74) is 0.551. The first-order valence-corrected chi connectivity index (χ1v) is 7.93. The van der Waals surface area contributed by atoms with E-state index >= 15 is 0 Å². The van der Waals surface area contributed by atoms with Crippen molar-refractivity contribution >= 4 is 21.5 Å². The Morgan fingerprint density at radius 2 is 1.84 bits per heavy atom. The predicted molar refractivity (Wildman–Crippen MR) is 76.1 cm³/mol. The van der Waals surface area contributed by atoms with Gasteiger partial charge in [0.2, 0.25) is 0 Å². The molecule has 2 N–H and O–H groups in total. The quantitative estimate of drug-likeness (QED) is 0.854. The van der Waals surface area contributed by atoms with E-state index in [9.17, 15) is 8.42 Å². The van der Waals surface area contributed by atoms with Gasteiger partial charge in [0.25, 0.3) is 10.1 Å². The molecule has 0 radical (unpaired) electrons. The van der Waals surface area contributed by atoms with Gasteiger partial charge >= 0.3 is 0 Å². The molecule has 0 aliphatic heterocycles. The first-order chi connectivity index (χ1) is 8.95. The van der Waals surface area contributed by atoms with E-state index in [-0.39, 0.29) is 11.5 Å². The maximum absolute atomic E-state index is 10.6. The van der Waals surface area contributed by atoms with Gasteiger partial charge < -0.3 is 5.11 Å². The van der Waals surface area contributed by atoms with Crippen LogP contribution in [0, 0.1) is 6.92 Å². The summed E-state index contributed by atoms with van der Waals surface area (Å²) < 4.78 is 29.9. The fraction of sp³-hybridized carbons (Fsp3) is 0.231. The maximum Gasteiger partial charge on any atom is 0.294 e. The summed E-state index contributed by atoms with van der Waals surface area (Å²) in [6.07, 6.45) is 0.803. The average molecular weight is 300 g/mol. The van der Waals surface area contributed by atoms with Crippen LogP contribution in [-0.2, 0) is 16.5 Å². The predicted octanol–water partition coefficient (Wildman–Crippen LogP) is 2.52. The standard InChI is InChI=1S/C7H8O3S.C6H8OS/c1-6-4-2-3-5-7(6)11(8,9)10;7-4-3-6-2-1-5-8-6/h2-5H,1H3,(H,8,9,10);1-2,5,7H,3-4H2. The van der Waals surface area contributed by atoms with Gasteiger partial charge in [-0.15, -0.1) is 11.3 Å². The van der Waals surface area contributed by atoms with Crippen molar-refractivity contribution in [2.45, 2.75) is 18.2 Å². The molecule has 0 unspecified atom stereocenters. The molecular weight excluding hydrogens is 284 g/mol. The van der Waals surface area contributed by atoms with Crippen LogP contribution in [0.5, 0.6) is 0 Å². The smallest absolute Gasteiger partial charge is 0.294 e. The normalized spacial score (nSPS) is 10.7. The van der Waals surface area contributed by atoms with E-state index in [0.29, 0.717) is 5.56 Å². The summed E-state index contributed by atoms with van der Waals surface area (Å²) in [6, 6.07) is 10.3. The highest BCUT2D eigenvalue weighted by molar-refractivity contribution is 7.85. The molecule has 0 amide bonds. The lowest BCUT2D eigenvalue weighted by Crippen LogP contribution is -1.99. The summed E-state index contributed by atoms with van der Waals surface area (Å²) in [4.78, 5) is 1.23. The van der Waals surface area contributed by atoms with Gasteiger partial charge in [-0.25, -0.2) is 0 Å². The van der Waals surface area contributed by atoms with E-state index < -0.39 is 10.1 Å². The van der Waals surface area contributed by atoms with Crippen LogP contribution in [0.25, 0.3) is 0 Å². The minimum atomic E-state index is -4.03. The zero-order valence-electron chi connectivity index (χ0n) is 10.5. The molecule has 2 rings (SSSR count). The zero-order valence-corrected chi connectivity index (χ0v) is 12.1. The van der Waals surface area contributed by atoms with Crippen LogP contribution >= 0.6 is 11.3 Å². The van der Waals surface area contributed by atoms with Crippen LogP contribution in [-0.4, -0.2) is 24.7 Å². The first-order valence-electron chi connectivity index (χ1n) is 5.61. The lowest BCUT2D eigenvalue weighted by Gasteiger charge is -1.99. The fourth-order valence-corrected chi connectivity index (χ4v) is 2.83. The molecule has 19 heavy (non-hydrogen) atoms. The zero-order chi connectivity index (χ0) is 14.3. The van der Waals surface area contributed by atoms with Gasteiger partial charge in [0.15, 0.2) is 0 Å². The lowest BCUT2D eigenvalue weighted by molar-refractivity contribution is 0.300. The molecule has 1 aromatic heterocycles. The maximum atomic E-state index is 10.6. The summed E-state index contributed by atoms with van der Waals surface area (Å²) in [7, 11) is -4.03. The number of hydrogen-bond donors (Lipinski definition) is 2. The van der Waals surface area contributed by atoms with Gasteiger partial charge in [-0.3, -0.25) is 4.55 Å². The van der Waals surface area contributed by atoms with E-state index in [1.807, 2.05) is 17.5 Å². The molecule has 0 fully saturated rings. The third kappa shape index (κ3) is 5.52. The van der Waals surface area contributed by atoms with E-state index in [1.54, 1.807) is 36.5 Å². The van der Waals surface area contributed by atoms with Crippen LogP contribution in [0.3, 0.4) is 0 Å². The number of thiophene rings is 1. The van der Waals surface area contributed by atoms with E-state index in [4.69, 9.17) is 9.66 Å². The van der Waals surface area contributed by atoms with Gasteiger partial charge in [-0.05, 0) is 30.0 Å². The Bertz CT molecular complexity index is 589. The SMILES string of the molecule is Cc1ccccc1S(=O)(=O)O.OCCc1cccs1. The van der Waals surface area contributed by atoms with Crippen LogP contribution in [0.4, 0.5) is 0 Å². The molecule has 104 valence electrons. The number of aliphatic hydroxyl groups excluding tert-OH is 1. The van der Waals surface area contributed by atoms with Gasteiger partial charge in [-0.2, -0.15) is 8.42 Å². The molecule has 0 atom stereocenters.